The lowest BCUT2D eigenvalue weighted by molar-refractivity contribution is -0.121. The third-order valence-electron chi connectivity index (χ3n) is 6.04. The summed E-state index contributed by atoms with van der Waals surface area (Å²) in [5.74, 6) is 0.0666. The molecule has 1 aliphatic rings. The standard InChI is InChI=1S/C28H31ClN2O/c1-20-13-21(2)15-25(14-20)24-10-8-22(9-11-24)18-31-12-4-7-27(19-31)30-28(32)17-23-5-3-6-26(29)16-23/h3,5-6,8-11,13-16,27H,4,7,12,17-19H2,1-2H3,(H,30,32). The molecule has 0 aromatic heterocycles. The van der Waals surface area contributed by atoms with Crippen molar-refractivity contribution in [2.45, 2.75) is 45.7 Å². The van der Waals surface area contributed by atoms with Crippen LogP contribution in [0.15, 0.2) is 66.7 Å². The first-order valence-corrected chi connectivity index (χ1v) is 11.8. The maximum Gasteiger partial charge on any atom is 0.224 e. The lowest BCUT2D eigenvalue weighted by Crippen LogP contribution is -2.47. The molecule has 166 valence electrons. The molecule has 1 amide bonds. The Kier molecular flexibility index (Phi) is 7.29. The van der Waals surface area contributed by atoms with E-state index in [1.165, 1.54) is 27.8 Å². The highest BCUT2D eigenvalue weighted by Crippen LogP contribution is 2.23. The SMILES string of the molecule is Cc1cc(C)cc(-c2ccc(CN3CCCC(NC(=O)Cc4cccc(Cl)c4)C3)cc2)c1. The maximum absolute atomic E-state index is 12.5. The third kappa shape index (κ3) is 6.21. The second kappa shape index (κ2) is 10.3. The minimum atomic E-state index is 0.0666. The predicted octanol–water partition coefficient (Wildman–Crippen LogP) is 5.95. The number of nitrogens with one attached hydrogen (secondary N) is 1. The van der Waals surface area contributed by atoms with E-state index in [2.05, 4.69) is 66.5 Å². The molecule has 1 atom stereocenters. The number of carbonyl (C=O) groups excluding carboxylic acids is 1. The molecular weight excluding hydrogens is 416 g/mol. The van der Waals surface area contributed by atoms with Crippen molar-refractivity contribution in [3.05, 3.63) is 94.0 Å². The molecule has 4 rings (SSSR count). The lowest BCUT2D eigenvalue weighted by atomic mass is 9.99. The van der Waals surface area contributed by atoms with Crippen molar-refractivity contribution in [2.75, 3.05) is 13.1 Å². The third-order valence-corrected chi connectivity index (χ3v) is 6.27. The summed E-state index contributed by atoms with van der Waals surface area (Å²) >= 11 is 6.04. The second-order valence-corrected chi connectivity index (χ2v) is 9.46. The van der Waals surface area contributed by atoms with Crippen molar-refractivity contribution in [3.8, 4) is 11.1 Å². The Hall–Kier alpha value is -2.62. The summed E-state index contributed by atoms with van der Waals surface area (Å²) in [5.41, 5.74) is 7.37. The van der Waals surface area contributed by atoms with E-state index in [1.807, 2.05) is 24.3 Å². The van der Waals surface area contributed by atoms with Crippen molar-refractivity contribution in [1.29, 1.82) is 0 Å². The number of carbonyl (C=O) groups is 1. The first-order valence-electron chi connectivity index (χ1n) is 11.4. The van der Waals surface area contributed by atoms with Crippen LogP contribution in [0.2, 0.25) is 5.02 Å². The molecule has 0 aliphatic carbocycles. The zero-order valence-electron chi connectivity index (χ0n) is 18.9. The quantitative estimate of drug-likeness (QED) is 0.507. The van der Waals surface area contributed by atoms with Crippen LogP contribution in [-0.4, -0.2) is 29.9 Å². The number of rotatable bonds is 6. The van der Waals surface area contributed by atoms with Crippen molar-refractivity contribution < 1.29 is 4.79 Å². The molecule has 1 heterocycles. The van der Waals surface area contributed by atoms with Crippen LogP contribution in [0, 0.1) is 13.8 Å². The average molecular weight is 447 g/mol. The van der Waals surface area contributed by atoms with E-state index in [0.29, 0.717) is 11.4 Å². The molecule has 1 unspecified atom stereocenters. The van der Waals surface area contributed by atoms with Crippen LogP contribution in [0.4, 0.5) is 0 Å². The van der Waals surface area contributed by atoms with E-state index in [4.69, 9.17) is 11.6 Å². The van der Waals surface area contributed by atoms with E-state index in [0.717, 1.165) is 38.0 Å². The van der Waals surface area contributed by atoms with Gasteiger partial charge in [-0.3, -0.25) is 9.69 Å². The van der Waals surface area contributed by atoms with Crippen LogP contribution in [0.1, 0.15) is 35.1 Å². The van der Waals surface area contributed by atoms with Crippen LogP contribution >= 0.6 is 11.6 Å². The van der Waals surface area contributed by atoms with Crippen molar-refractivity contribution in [2.24, 2.45) is 0 Å². The van der Waals surface area contributed by atoms with Crippen LogP contribution in [-0.2, 0) is 17.8 Å². The molecule has 3 nitrogen and oxygen atoms in total. The van der Waals surface area contributed by atoms with Gasteiger partial charge in [-0.25, -0.2) is 0 Å². The van der Waals surface area contributed by atoms with Gasteiger partial charge < -0.3 is 5.32 Å². The topological polar surface area (TPSA) is 32.3 Å². The van der Waals surface area contributed by atoms with Gasteiger partial charge in [0.05, 0.1) is 6.42 Å². The number of hydrogen-bond donors (Lipinski definition) is 1. The number of halogens is 1. The summed E-state index contributed by atoms with van der Waals surface area (Å²) in [4.78, 5) is 14.9. The van der Waals surface area contributed by atoms with Crippen LogP contribution in [0.3, 0.4) is 0 Å². The van der Waals surface area contributed by atoms with E-state index in [1.54, 1.807) is 0 Å². The fourth-order valence-electron chi connectivity index (χ4n) is 4.63. The average Bonchev–Trinajstić information content (AvgIpc) is 2.74. The van der Waals surface area contributed by atoms with Gasteiger partial charge in [-0.05, 0) is 67.6 Å². The smallest absolute Gasteiger partial charge is 0.224 e. The Labute approximate surface area is 196 Å². The van der Waals surface area contributed by atoms with Crippen LogP contribution < -0.4 is 5.32 Å². The molecule has 32 heavy (non-hydrogen) atoms. The van der Waals surface area contributed by atoms with Gasteiger partial charge >= 0.3 is 0 Å². The molecule has 0 saturated carbocycles. The molecule has 3 aromatic carbocycles. The Morgan fingerprint density at radius 1 is 0.969 bits per heavy atom. The van der Waals surface area contributed by atoms with E-state index >= 15 is 0 Å². The Bertz CT molecular complexity index is 1060. The summed E-state index contributed by atoms with van der Waals surface area (Å²) in [6.07, 6.45) is 2.50. The molecule has 1 N–H and O–H groups in total. The first kappa shape index (κ1) is 22.6. The van der Waals surface area contributed by atoms with Gasteiger partial charge in [0.25, 0.3) is 0 Å². The van der Waals surface area contributed by atoms with E-state index in [-0.39, 0.29) is 11.9 Å². The zero-order chi connectivity index (χ0) is 22.5. The molecule has 0 bridgehead atoms. The minimum absolute atomic E-state index is 0.0666. The number of piperidine rings is 1. The fourth-order valence-corrected chi connectivity index (χ4v) is 4.84. The molecule has 1 fully saturated rings. The number of hydrogen-bond acceptors (Lipinski definition) is 2. The Morgan fingerprint density at radius 3 is 2.44 bits per heavy atom. The number of nitrogens with zero attached hydrogens (tertiary/aromatic N) is 1. The summed E-state index contributed by atoms with van der Waals surface area (Å²) in [6, 6.07) is 23.3. The molecule has 4 heteroatoms. The van der Waals surface area contributed by atoms with Crippen molar-refractivity contribution in [1.82, 2.24) is 10.2 Å². The number of aryl methyl sites for hydroxylation is 2. The molecule has 3 aromatic rings. The monoisotopic (exact) mass is 446 g/mol. The second-order valence-electron chi connectivity index (χ2n) is 9.02. The van der Waals surface area contributed by atoms with Gasteiger partial charge in [0.1, 0.15) is 0 Å². The largest absolute Gasteiger partial charge is 0.352 e. The van der Waals surface area contributed by atoms with Gasteiger partial charge in [-0.1, -0.05) is 77.3 Å². The highest BCUT2D eigenvalue weighted by molar-refractivity contribution is 6.30. The van der Waals surface area contributed by atoms with Crippen LogP contribution in [0.25, 0.3) is 11.1 Å². The molecule has 0 spiro atoms. The van der Waals surface area contributed by atoms with Gasteiger partial charge in [0, 0.05) is 24.2 Å². The van der Waals surface area contributed by atoms with Gasteiger partial charge in [0.15, 0.2) is 0 Å². The maximum atomic E-state index is 12.5. The molecule has 1 aliphatic heterocycles. The Morgan fingerprint density at radius 2 is 1.72 bits per heavy atom. The summed E-state index contributed by atoms with van der Waals surface area (Å²) in [7, 11) is 0. The molecule has 1 saturated heterocycles. The summed E-state index contributed by atoms with van der Waals surface area (Å²) in [5, 5.41) is 3.89. The normalized spacial score (nSPS) is 16.7. The van der Waals surface area contributed by atoms with E-state index in [9.17, 15) is 4.79 Å². The predicted molar refractivity (Wildman–Crippen MR) is 133 cm³/mol. The number of likely N-dealkylation sites (tertiary alicyclic amines) is 1. The van der Waals surface area contributed by atoms with Gasteiger partial charge in [-0.15, -0.1) is 0 Å². The molecular formula is C28H31ClN2O. The summed E-state index contributed by atoms with van der Waals surface area (Å²) in [6.45, 7) is 7.16. The highest BCUT2D eigenvalue weighted by Gasteiger charge is 2.21. The highest BCUT2D eigenvalue weighted by atomic mass is 35.5. The number of benzene rings is 3. The van der Waals surface area contributed by atoms with Gasteiger partial charge in [-0.2, -0.15) is 0 Å². The Balaban J connectivity index is 1.32. The first-order chi connectivity index (χ1) is 15.4. The number of amides is 1. The van der Waals surface area contributed by atoms with Crippen molar-refractivity contribution in [3.63, 3.8) is 0 Å². The van der Waals surface area contributed by atoms with E-state index < -0.39 is 0 Å². The fraction of sp³-hybridized carbons (Fsp3) is 0.321. The van der Waals surface area contributed by atoms with Gasteiger partial charge in [0.2, 0.25) is 5.91 Å². The summed E-state index contributed by atoms with van der Waals surface area (Å²) < 4.78 is 0. The molecule has 0 radical (unpaired) electrons. The zero-order valence-corrected chi connectivity index (χ0v) is 19.7. The lowest BCUT2D eigenvalue weighted by Gasteiger charge is -2.33. The van der Waals surface area contributed by atoms with Crippen molar-refractivity contribution >= 4 is 17.5 Å². The minimum Gasteiger partial charge on any atom is -0.352 e. The van der Waals surface area contributed by atoms with Crippen LogP contribution in [0.5, 0.6) is 0 Å².